The zero-order valence-corrected chi connectivity index (χ0v) is 31.0. The van der Waals surface area contributed by atoms with Crippen LogP contribution in [0.5, 0.6) is 0 Å². The first-order chi connectivity index (χ1) is 24.6. The van der Waals surface area contributed by atoms with E-state index in [4.69, 9.17) is 0 Å². The first-order valence-electron chi connectivity index (χ1n) is 14.2. The lowest BCUT2D eigenvalue weighted by atomic mass is 9.93. The fourth-order valence-electron chi connectivity index (χ4n) is 6.08. The van der Waals surface area contributed by atoms with Crippen LogP contribution in [0, 0.1) is 0 Å². The molecule has 0 spiro atoms. The minimum atomic E-state index is -5.67. The van der Waals surface area contributed by atoms with Gasteiger partial charge in [0.2, 0.25) is 0 Å². The van der Waals surface area contributed by atoms with Crippen molar-refractivity contribution in [2.75, 3.05) is 0 Å². The second-order valence-electron chi connectivity index (χ2n) is 11.5. The summed E-state index contributed by atoms with van der Waals surface area (Å²) in [5, 5.41) is -1.86. The summed E-state index contributed by atoms with van der Waals surface area (Å²) in [4.78, 5) is -7.69. The maximum atomic E-state index is 12.9. The highest BCUT2D eigenvalue weighted by Crippen LogP contribution is 2.44. The number of rotatable bonds is 8. The van der Waals surface area contributed by atoms with Gasteiger partial charge in [-0.05, 0) is 75.1 Å². The van der Waals surface area contributed by atoms with Gasteiger partial charge < -0.3 is 0 Å². The zero-order valence-electron chi connectivity index (χ0n) is 26.1. The zero-order chi connectivity index (χ0) is 40.1. The van der Waals surface area contributed by atoms with E-state index in [1.54, 1.807) is 0 Å². The molecule has 0 aromatic heterocycles. The lowest BCUT2D eigenvalue weighted by Crippen LogP contribution is -2.12. The van der Waals surface area contributed by atoms with Gasteiger partial charge in [-0.1, -0.05) is 42.5 Å². The molecule has 0 saturated carbocycles. The Kier molecular flexibility index (Phi) is 9.12. The minimum Gasteiger partial charge on any atom is -0.282 e. The summed E-state index contributed by atoms with van der Waals surface area (Å²) in [5.74, 6) is 0. The third kappa shape index (κ3) is 7.09. The van der Waals surface area contributed by atoms with E-state index in [-0.39, 0.29) is 32.7 Å². The molecule has 54 heavy (non-hydrogen) atoms. The average Bonchev–Trinajstić information content (AvgIpc) is 3.02. The minimum absolute atomic E-state index is 0.0772. The van der Waals surface area contributed by atoms with Crippen LogP contribution in [-0.2, 0) is 60.7 Å². The molecule has 6 aromatic rings. The van der Waals surface area contributed by atoms with Crippen molar-refractivity contribution in [3.63, 3.8) is 0 Å². The second kappa shape index (κ2) is 12.5. The van der Waals surface area contributed by atoms with Crippen LogP contribution in [0.2, 0.25) is 0 Å². The van der Waals surface area contributed by atoms with E-state index in [9.17, 15) is 77.8 Å². The van der Waals surface area contributed by atoms with Crippen LogP contribution in [0.1, 0.15) is 0 Å². The standard InChI is InChI=1S/C30H20O18S6/c31-49(32,33)19-8-6-17-11-23(27(51(37,38)39)28(24(17)13-19)52(40,41)42)16-5-4-15-2-1-3-21(22(15)10-16)26-12-18-7-9-20(50(34,35)36)14-25(18)29(53(43,44)45)30(26)54(46,47)48/h1-14H,(H,31,32,33)(H,34,35,36)(H,37,38,39)(H,40,41,42)(H,43,44,45)(H,46,47,48). The largest absolute Gasteiger partial charge is 0.296 e. The molecule has 0 amide bonds. The van der Waals surface area contributed by atoms with Crippen molar-refractivity contribution in [3.05, 3.63) is 84.9 Å². The smallest absolute Gasteiger partial charge is 0.282 e. The predicted octanol–water partition coefficient (Wildman–Crippen LogP) is 3.96. The molecule has 0 fully saturated rings. The van der Waals surface area contributed by atoms with Gasteiger partial charge in [0, 0.05) is 21.9 Å². The summed E-state index contributed by atoms with van der Waals surface area (Å²) < 4.78 is 210. The molecule has 0 saturated heterocycles. The van der Waals surface area contributed by atoms with Gasteiger partial charge in [-0.2, -0.15) is 50.5 Å². The third-order valence-corrected chi connectivity index (χ3v) is 13.9. The van der Waals surface area contributed by atoms with E-state index in [1.807, 2.05) is 0 Å². The molecular formula is C30H20O18S6. The topological polar surface area (TPSA) is 326 Å². The quantitative estimate of drug-likeness (QED) is 0.118. The highest BCUT2D eigenvalue weighted by Gasteiger charge is 2.34. The van der Waals surface area contributed by atoms with Gasteiger partial charge in [-0.15, -0.1) is 0 Å². The molecule has 6 N–H and O–H groups in total. The molecule has 284 valence electrons. The Morgan fingerprint density at radius 2 is 0.722 bits per heavy atom. The number of benzene rings is 6. The second-order valence-corrected chi connectivity index (χ2v) is 19.8. The monoisotopic (exact) mass is 860 g/mol. The Morgan fingerprint density at radius 1 is 0.315 bits per heavy atom. The first-order valence-corrected chi connectivity index (χ1v) is 22.8. The summed E-state index contributed by atoms with van der Waals surface area (Å²) in [6, 6.07) is 14.2. The van der Waals surface area contributed by atoms with E-state index in [0.29, 0.717) is 12.1 Å². The Bertz CT molecular complexity index is 3360. The number of hydrogen-bond acceptors (Lipinski definition) is 12. The summed E-state index contributed by atoms with van der Waals surface area (Å²) in [6.45, 7) is 0. The molecule has 0 bridgehead atoms. The van der Waals surface area contributed by atoms with E-state index in [2.05, 4.69) is 0 Å². The molecule has 18 nitrogen and oxygen atoms in total. The van der Waals surface area contributed by atoms with Crippen molar-refractivity contribution in [1.29, 1.82) is 0 Å². The average molecular weight is 861 g/mol. The lowest BCUT2D eigenvalue weighted by Gasteiger charge is -2.18. The number of fused-ring (bicyclic) bond motifs is 3. The fraction of sp³-hybridized carbons (Fsp3) is 0. The molecule has 0 heterocycles. The Hall–Kier alpha value is -4.44. The SMILES string of the molecule is O=S(=O)(O)c1ccc2cc(-c3ccc4cccc(-c5cc6ccc(S(=O)(=O)O)cc6c(S(=O)(=O)O)c5S(=O)(=O)O)c4c3)c(S(=O)(=O)O)c(S(=O)(=O)O)c2c1. The van der Waals surface area contributed by atoms with E-state index in [1.165, 1.54) is 30.3 Å². The highest BCUT2D eigenvalue weighted by molar-refractivity contribution is 7.90. The molecule has 0 aliphatic rings. The maximum absolute atomic E-state index is 12.9. The van der Waals surface area contributed by atoms with Crippen molar-refractivity contribution in [3.8, 4) is 22.3 Å². The van der Waals surface area contributed by atoms with Crippen molar-refractivity contribution in [1.82, 2.24) is 0 Å². The Labute approximate surface area is 305 Å². The van der Waals surface area contributed by atoms with E-state index >= 15 is 0 Å². The summed E-state index contributed by atoms with van der Waals surface area (Å²) >= 11 is 0. The molecule has 6 rings (SSSR count). The van der Waals surface area contributed by atoms with Gasteiger partial charge in [-0.3, -0.25) is 27.3 Å². The van der Waals surface area contributed by atoms with Crippen molar-refractivity contribution >= 4 is 93.0 Å². The molecule has 6 aromatic carbocycles. The highest BCUT2D eigenvalue weighted by atomic mass is 32.2. The van der Waals surface area contributed by atoms with E-state index in [0.717, 1.165) is 42.5 Å². The molecule has 0 atom stereocenters. The molecule has 0 aliphatic heterocycles. The molecule has 0 aliphatic carbocycles. The first kappa shape index (κ1) is 39.3. The predicted molar refractivity (Wildman–Crippen MR) is 189 cm³/mol. The maximum Gasteiger partial charge on any atom is 0.296 e. The normalized spacial score (nSPS) is 13.5. The van der Waals surface area contributed by atoms with Gasteiger partial charge in [0.05, 0.1) is 9.79 Å². The van der Waals surface area contributed by atoms with Crippen LogP contribution in [0.4, 0.5) is 0 Å². The lowest BCUT2D eigenvalue weighted by molar-refractivity contribution is 0.468. The van der Waals surface area contributed by atoms with Crippen LogP contribution < -0.4 is 0 Å². The van der Waals surface area contributed by atoms with Crippen LogP contribution in [0.15, 0.2) is 114 Å². The molecule has 24 heteroatoms. The molecule has 0 unspecified atom stereocenters. The van der Waals surface area contributed by atoms with Gasteiger partial charge in [-0.25, -0.2) is 0 Å². The van der Waals surface area contributed by atoms with Crippen molar-refractivity contribution in [2.24, 2.45) is 0 Å². The van der Waals surface area contributed by atoms with Gasteiger partial charge in [0.15, 0.2) is 0 Å². The number of hydrogen-bond donors (Lipinski definition) is 6. The van der Waals surface area contributed by atoms with E-state index < -0.39 is 112 Å². The Morgan fingerprint density at radius 3 is 1.15 bits per heavy atom. The van der Waals surface area contributed by atoms with Crippen molar-refractivity contribution in [2.45, 2.75) is 29.4 Å². The van der Waals surface area contributed by atoms with Crippen LogP contribution >= 0.6 is 0 Å². The summed E-state index contributed by atoms with van der Waals surface area (Å²) in [6.07, 6.45) is 0. The van der Waals surface area contributed by atoms with Gasteiger partial charge in [0.1, 0.15) is 19.6 Å². The van der Waals surface area contributed by atoms with Crippen LogP contribution in [0.25, 0.3) is 54.6 Å². The van der Waals surface area contributed by atoms with Gasteiger partial charge >= 0.3 is 0 Å². The summed E-state index contributed by atoms with van der Waals surface area (Å²) in [7, 11) is -32.7. The Balaban J connectivity index is 1.79. The van der Waals surface area contributed by atoms with Crippen molar-refractivity contribution < 1.29 is 77.8 Å². The summed E-state index contributed by atoms with van der Waals surface area (Å²) in [5.41, 5.74) is -1.76. The van der Waals surface area contributed by atoms with Crippen LogP contribution in [0.3, 0.4) is 0 Å². The molecule has 0 radical (unpaired) electrons. The molecular weight excluding hydrogens is 841 g/mol. The van der Waals surface area contributed by atoms with Gasteiger partial charge in [0.25, 0.3) is 60.7 Å². The fourth-order valence-corrected chi connectivity index (χ4v) is 11.5. The third-order valence-electron chi connectivity index (χ3n) is 8.15. The van der Waals surface area contributed by atoms with Crippen LogP contribution in [-0.4, -0.2) is 77.8 Å².